The quantitative estimate of drug-likeness (QED) is 0.0479. The van der Waals surface area contributed by atoms with E-state index in [1.807, 2.05) is 25.1 Å². The monoisotopic (exact) mass is 1570 g/mol. The number of halogens is 12. The van der Waals surface area contributed by atoms with Gasteiger partial charge in [0.1, 0.15) is 40.3 Å². The number of hydrogen-bond donors (Lipinski definition) is 3. The van der Waals surface area contributed by atoms with E-state index in [4.69, 9.17) is 0 Å². The summed E-state index contributed by atoms with van der Waals surface area (Å²) in [5.74, 6) is 2.78. The first-order valence-corrected chi connectivity index (χ1v) is 39.3. The van der Waals surface area contributed by atoms with Gasteiger partial charge >= 0.3 is 18.5 Å². The normalized spacial score (nSPS) is 22.9. The third-order valence-corrected chi connectivity index (χ3v) is 22.6. The fourth-order valence-corrected chi connectivity index (χ4v) is 15.7. The van der Waals surface area contributed by atoms with Crippen molar-refractivity contribution in [3.05, 3.63) is 134 Å². The molecule has 0 spiro atoms. The van der Waals surface area contributed by atoms with Gasteiger partial charge in [0.2, 0.25) is 17.7 Å². The zero-order valence-electron chi connectivity index (χ0n) is 64.4. The number of nitrogens with one attached hydrogen (secondary N) is 3. The summed E-state index contributed by atoms with van der Waals surface area (Å²) in [4.78, 5) is 74.1. The molecule has 6 aliphatic rings. The number of fused-ring (bicyclic) bond motifs is 3. The number of carbonyl (C=O) groups is 3. The van der Waals surface area contributed by atoms with Crippen LogP contribution in [0, 0.1) is 20.8 Å². The smallest absolute Gasteiger partial charge is 0.353 e. The van der Waals surface area contributed by atoms with Gasteiger partial charge < -0.3 is 30.7 Å². The van der Waals surface area contributed by atoms with Gasteiger partial charge in [-0.15, -0.1) is 0 Å². The zero-order valence-corrected chi connectivity index (χ0v) is 64.4. The molecule has 12 rings (SSSR count). The van der Waals surface area contributed by atoms with Crippen LogP contribution in [0.25, 0.3) is 0 Å². The molecule has 3 amide bonds. The molecule has 9 heterocycles. The summed E-state index contributed by atoms with van der Waals surface area (Å²) in [7, 11) is 3.54. The molecule has 6 aromatic heterocycles. The molecule has 0 saturated heterocycles. The van der Waals surface area contributed by atoms with Gasteiger partial charge in [-0.3, -0.25) is 38.7 Å². The predicted octanol–water partition coefficient (Wildman–Crippen LogP) is 12.1. The van der Waals surface area contributed by atoms with Crippen LogP contribution in [-0.4, -0.2) is 199 Å². The lowest BCUT2D eigenvalue weighted by Gasteiger charge is -2.35. The number of rotatable bonds is 24. The molecule has 0 radical (unpaired) electrons. The van der Waals surface area contributed by atoms with Gasteiger partial charge in [0.25, 0.3) is 0 Å². The topological polar surface area (TPSA) is 223 Å². The van der Waals surface area contributed by atoms with Crippen LogP contribution >= 0.6 is 0 Å². The van der Waals surface area contributed by atoms with E-state index in [1.54, 1.807) is 67.9 Å². The maximum absolute atomic E-state index is 15.6. The van der Waals surface area contributed by atoms with Crippen molar-refractivity contribution >= 4 is 17.7 Å². The number of alkyl halides is 12. The average molecular weight is 1570 g/mol. The second-order valence-electron chi connectivity index (χ2n) is 31.4. The van der Waals surface area contributed by atoms with Crippen LogP contribution in [0.3, 0.4) is 0 Å². The third-order valence-electron chi connectivity index (χ3n) is 22.6. The van der Waals surface area contributed by atoms with Crippen molar-refractivity contribution in [3.8, 4) is 0 Å². The maximum Gasteiger partial charge on any atom is 0.389 e. The molecule has 32 heteroatoms. The second kappa shape index (κ2) is 38.4. The molecule has 0 unspecified atom stereocenters. The van der Waals surface area contributed by atoms with Crippen LogP contribution in [0.1, 0.15) is 201 Å². The highest BCUT2D eigenvalue weighted by Crippen LogP contribution is 2.39. The van der Waals surface area contributed by atoms with Crippen molar-refractivity contribution in [3.63, 3.8) is 0 Å². The highest BCUT2D eigenvalue weighted by molar-refractivity contribution is 5.79. The molecule has 3 aliphatic carbocycles. The minimum atomic E-state index is -4.19. The van der Waals surface area contributed by atoms with E-state index in [2.05, 4.69) is 75.7 Å². The van der Waals surface area contributed by atoms with Crippen LogP contribution in [0.15, 0.2) is 48.8 Å². The van der Waals surface area contributed by atoms with Crippen LogP contribution in [0.2, 0.25) is 0 Å². The first-order chi connectivity index (χ1) is 52.5. The minimum absolute atomic E-state index is 0.0203. The van der Waals surface area contributed by atoms with Crippen LogP contribution in [0.5, 0.6) is 0 Å². The van der Waals surface area contributed by atoms with E-state index in [9.17, 15) is 53.9 Å². The summed E-state index contributed by atoms with van der Waals surface area (Å²) >= 11 is 0. The van der Waals surface area contributed by atoms with E-state index in [-0.39, 0.29) is 74.4 Å². The summed E-state index contributed by atoms with van der Waals surface area (Å²) in [5, 5.41) is 17.4. The Morgan fingerprint density at radius 2 is 0.775 bits per heavy atom. The Bertz CT molecular complexity index is 3990. The molecule has 6 aromatic rings. The molecule has 3 N–H and O–H groups in total. The van der Waals surface area contributed by atoms with Gasteiger partial charge in [-0.05, 0) is 196 Å². The largest absolute Gasteiger partial charge is 0.389 e. The van der Waals surface area contributed by atoms with E-state index in [1.165, 1.54) is 0 Å². The number of pyridine rings is 3. The summed E-state index contributed by atoms with van der Waals surface area (Å²) in [6.07, 6.45) is 0.0673. The van der Waals surface area contributed by atoms with Crippen molar-refractivity contribution in [2.24, 2.45) is 14.1 Å². The summed E-state index contributed by atoms with van der Waals surface area (Å²) in [5.41, 5.74) is 4.25. The SMILES string of the molecule is Cc1nc(CC(=O)NC2CCC(F)(CCN3CCc4ccc(CCC(F)(F)F)nc4CC3)CC2)n(C)n1.Cc1nc(CC(=O)NC2CCC(F)(CCN3CCc4ccc(CCC(F)(F)F)nc4CC3)CC2)nn1C.Cc1ncc(CC(=O)NC2CCC(F)(CCN3CCc4ccc(CCC(F)(F)F)nc4CC3)CC2)cn1. The molecular formula is C79H107F12N17O3. The van der Waals surface area contributed by atoms with Crippen molar-refractivity contribution in [2.75, 3.05) is 58.9 Å². The molecule has 3 saturated carbocycles. The molecule has 610 valence electrons. The maximum atomic E-state index is 15.6. The van der Waals surface area contributed by atoms with E-state index >= 15 is 13.2 Å². The minimum Gasteiger partial charge on any atom is -0.353 e. The molecule has 0 atom stereocenters. The van der Waals surface area contributed by atoms with Crippen molar-refractivity contribution in [2.45, 2.75) is 267 Å². The molecule has 0 aromatic carbocycles. The Kier molecular flexibility index (Phi) is 29.6. The lowest BCUT2D eigenvalue weighted by molar-refractivity contribution is -0.135. The number of aryl methyl sites for hydroxylation is 8. The lowest BCUT2D eigenvalue weighted by atomic mass is 9.81. The Morgan fingerprint density at radius 3 is 1.10 bits per heavy atom. The summed E-state index contributed by atoms with van der Waals surface area (Å²) in [6, 6.07) is 10.7. The van der Waals surface area contributed by atoms with Gasteiger partial charge in [-0.2, -0.15) is 49.7 Å². The summed E-state index contributed by atoms with van der Waals surface area (Å²) in [6.45, 7) is 11.8. The standard InChI is InChI=1S/C27H35F4N5O.2C26H36F4N6O/c1-19-32-17-20(18-33-19)16-25(37)35-23-4-9-26(28,10-5-23)12-15-36-13-7-21-2-3-22(6-11-27(29,30)31)34-24(21)8-14-36;1-18-31-23(34-35(18)2)17-24(37)33-21-5-10-25(27,11-6-21)13-16-36-14-8-19-3-4-20(7-12-26(28,29)30)32-22(19)9-15-36;1-18-31-23(35(2)34-18)17-24(37)33-21-5-10-25(27,11-6-21)13-16-36-14-8-19-3-4-20(7-12-26(28,29)30)32-22(19)9-15-36/h2-3,17-18,23H,4-16H2,1H3,(H,35,37);2*3-4,21H,5-17H2,1-2H3,(H,33,37). The predicted molar refractivity (Wildman–Crippen MR) is 393 cm³/mol. The van der Waals surface area contributed by atoms with E-state index in [0.717, 1.165) is 104 Å². The van der Waals surface area contributed by atoms with Crippen LogP contribution in [0.4, 0.5) is 52.7 Å². The van der Waals surface area contributed by atoms with Gasteiger partial charge in [0.15, 0.2) is 5.82 Å². The van der Waals surface area contributed by atoms with Crippen LogP contribution in [-0.2, 0) is 106 Å². The fourth-order valence-electron chi connectivity index (χ4n) is 15.7. The first-order valence-electron chi connectivity index (χ1n) is 39.3. The Morgan fingerprint density at radius 1 is 0.432 bits per heavy atom. The van der Waals surface area contributed by atoms with Gasteiger partial charge in [0.05, 0.1) is 19.3 Å². The van der Waals surface area contributed by atoms with E-state index in [0.29, 0.717) is 176 Å². The molecule has 3 fully saturated rings. The Labute approximate surface area is 641 Å². The number of hydrogen-bond acceptors (Lipinski definition) is 15. The Hall–Kier alpha value is -7.74. The molecule has 111 heavy (non-hydrogen) atoms. The number of amides is 3. The number of carbonyl (C=O) groups excluding carboxylic acids is 3. The molecule has 20 nitrogen and oxygen atoms in total. The van der Waals surface area contributed by atoms with E-state index < -0.39 is 54.8 Å². The van der Waals surface area contributed by atoms with Crippen molar-refractivity contribution in [1.82, 2.24) is 85.1 Å². The molecule has 0 bridgehead atoms. The fraction of sp³-hybridized carbons (Fsp3) is 0.671. The zero-order chi connectivity index (χ0) is 79.7. The van der Waals surface area contributed by atoms with Gasteiger partial charge in [-0.1, -0.05) is 18.2 Å². The third kappa shape index (κ3) is 28.1. The number of aromatic nitrogens is 11. The molecular weight excluding hydrogens is 1460 g/mol. The lowest BCUT2D eigenvalue weighted by Crippen LogP contribution is -2.43. The molecule has 3 aliphatic heterocycles. The Balaban J connectivity index is 0.000000177. The van der Waals surface area contributed by atoms with Crippen molar-refractivity contribution < 1.29 is 67.1 Å². The highest BCUT2D eigenvalue weighted by atomic mass is 19.4. The van der Waals surface area contributed by atoms with Crippen molar-refractivity contribution in [1.29, 1.82) is 0 Å². The first kappa shape index (κ1) is 85.7. The summed E-state index contributed by atoms with van der Waals surface area (Å²) < 4.78 is 163. The second-order valence-corrected chi connectivity index (χ2v) is 31.4. The highest BCUT2D eigenvalue weighted by Gasteiger charge is 2.40. The van der Waals surface area contributed by atoms with Gasteiger partial charge in [0, 0.05) is 176 Å². The van der Waals surface area contributed by atoms with Gasteiger partial charge in [-0.25, -0.2) is 33.1 Å². The average Bonchev–Trinajstić information content (AvgIpc) is 1.77. The van der Waals surface area contributed by atoms with Crippen LogP contribution < -0.4 is 16.0 Å². The number of nitrogens with zero attached hydrogens (tertiary/aromatic N) is 14.